The van der Waals surface area contributed by atoms with Crippen molar-refractivity contribution in [1.29, 1.82) is 0 Å². The summed E-state index contributed by atoms with van der Waals surface area (Å²) in [6, 6.07) is 4.72. The van der Waals surface area contributed by atoms with Gasteiger partial charge in [-0.3, -0.25) is 14.8 Å². The number of likely N-dealkylation sites (tertiary alicyclic amines) is 1. The van der Waals surface area contributed by atoms with Gasteiger partial charge in [0.2, 0.25) is 0 Å². The first kappa shape index (κ1) is 18.1. The molecule has 2 amide bonds. The summed E-state index contributed by atoms with van der Waals surface area (Å²) in [6.45, 7) is 9.74. The van der Waals surface area contributed by atoms with Gasteiger partial charge in [0.25, 0.3) is 0 Å². The number of amides is 2. The predicted octanol–water partition coefficient (Wildman–Crippen LogP) is 1.78. The molecule has 0 aliphatic carbocycles. The lowest BCUT2D eigenvalue weighted by atomic mass is 10.2. The van der Waals surface area contributed by atoms with Gasteiger partial charge in [0, 0.05) is 57.7 Å². The summed E-state index contributed by atoms with van der Waals surface area (Å²) < 4.78 is 0. The lowest BCUT2D eigenvalue weighted by Gasteiger charge is -2.26. The fraction of sp³-hybridized carbons (Fsp3) is 0.684. The zero-order valence-electron chi connectivity index (χ0n) is 15.4. The molecule has 3 heterocycles. The Morgan fingerprint density at radius 1 is 1.24 bits per heavy atom. The summed E-state index contributed by atoms with van der Waals surface area (Å²) in [5.74, 6) is 0. The second-order valence-corrected chi connectivity index (χ2v) is 7.09. The molecule has 1 N–H and O–H groups in total. The van der Waals surface area contributed by atoms with Gasteiger partial charge < -0.3 is 10.2 Å². The van der Waals surface area contributed by atoms with Crippen molar-refractivity contribution in [2.75, 3.05) is 45.8 Å². The zero-order valence-corrected chi connectivity index (χ0v) is 15.4. The summed E-state index contributed by atoms with van der Waals surface area (Å²) in [7, 11) is 0. The maximum Gasteiger partial charge on any atom is 0.317 e. The average molecular weight is 345 g/mol. The molecule has 0 radical (unpaired) electrons. The third kappa shape index (κ3) is 5.16. The SMILES string of the molecule is CCN1CCC[C@@H]1CNC(=O)N1CCCN(Cc2cccnc2)CC1. The van der Waals surface area contributed by atoms with Crippen LogP contribution in [-0.4, -0.2) is 77.6 Å². The van der Waals surface area contributed by atoms with Gasteiger partial charge in [-0.25, -0.2) is 4.79 Å². The molecule has 0 saturated carbocycles. The van der Waals surface area contributed by atoms with Crippen LogP contribution in [0.3, 0.4) is 0 Å². The van der Waals surface area contributed by atoms with E-state index in [1.165, 1.54) is 24.9 Å². The standard InChI is InChI=1S/C19H31N5O/c1-2-23-10-4-7-18(23)15-21-19(25)24-11-5-9-22(12-13-24)16-17-6-3-8-20-14-17/h3,6,8,14,18H,2,4-5,7,9-13,15-16H2,1H3,(H,21,25)/t18-/m1/s1. The quantitative estimate of drug-likeness (QED) is 0.884. The minimum absolute atomic E-state index is 0.103. The van der Waals surface area contributed by atoms with Crippen LogP contribution in [-0.2, 0) is 6.54 Å². The molecule has 2 aliphatic rings. The largest absolute Gasteiger partial charge is 0.336 e. The predicted molar refractivity (Wildman–Crippen MR) is 99.4 cm³/mol. The lowest BCUT2D eigenvalue weighted by molar-refractivity contribution is 0.191. The van der Waals surface area contributed by atoms with Crippen molar-refractivity contribution in [1.82, 2.24) is 25.0 Å². The van der Waals surface area contributed by atoms with Crippen molar-refractivity contribution in [2.24, 2.45) is 0 Å². The second kappa shape index (κ2) is 9.15. The van der Waals surface area contributed by atoms with Gasteiger partial charge in [0.05, 0.1) is 0 Å². The van der Waals surface area contributed by atoms with E-state index in [4.69, 9.17) is 0 Å². The molecule has 0 aromatic carbocycles. The first-order valence-electron chi connectivity index (χ1n) is 9.64. The molecular weight excluding hydrogens is 314 g/mol. The summed E-state index contributed by atoms with van der Waals surface area (Å²) in [6.07, 6.45) is 7.21. The maximum absolute atomic E-state index is 12.5. The fourth-order valence-corrected chi connectivity index (χ4v) is 3.94. The lowest BCUT2D eigenvalue weighted by Crippen LogP contribution is -2.46. The molecule has 0 unspecified atom stereocenters. The van der Waals surface area contributed by atoms with Crippen molar-refractivity contribution < 1.29 is 4.79 Å². The number of hydrogen-bond acceptors (Lipinski definition) is 4. The Balaban J connectivity index is 1.43. The van der Waals surface area contributed by atoms with Crippen LogP contribution in [0, 0.1) is 0 Å². The number of likely N-dealkylation sites (N-methyl/N-ethyl adjacent to an activating group) is 1. The molecule has 0 spiro atoms. The first-order chi connectivity index (χ1) is 12.3. The Labute approximate surface area is 151 Å². The van der Waals surface area contributed by atoms with Crippen molar-refractivity contribution in [3.63, 3.8) is 0 Å². The van der Waals surface area contributed by atoms with Gasteiger partial charge in [-0.1, -0.05) is 13.0 Å². The molecule has 1 aromatic rings. The van der Waals surface area contributed by atoms with Crippen LogP contribution in [0.1, 0.15) is 31.7 Å². The Morgan fingerprint density at radius 3 is 2.96 bits per heavy atom. The number of hydrogen-bond donors (Lipinski definition) is 1. The summed E-state index contributed by atoms with van der Waals surface area (Å²) in [5.41, 5.74) is 1.24. The average Bonchev–Trinajstić information content (AvgIpc) is 2.98. The zero-order chi connectivity index (χ0) is 17.5. The van der Waals surface area contributed by atoms with Gasteiger partial charge >= 0.3 is 6.03 Å². The molecule has 1 atom stereocenters. The normalized spacial score (nSPS) is 22.8. The molecular formula is C19H31N5O. The number of nitrogens with one attached hydrogen (secondary N) is 1. The Morgan fingerprint density at radius 2 is 2.16 bits per heavy atom. The van der Waals surface area contributed by atoms with E-state index >= 15 is 0 Å². The molecule has 2 saturated heterocycles. The second-order valence-electron chi connectivity index (χ2n) is 7.09. The van der Waals surface area contributed by atoms with Gasteiger partial charge in [-0.15, -0.1) is 0 Å². The van der Waals surface area contributed by atoms with Gasteiger partial charge in [-0.05, 0) is 44.0 Å². The van der Waals surface area contributed by atoms with Crippen molar-refractivity contribution in [2.45, 2.75) is 38.8 Å². The first-order valence-corrected chi connectivity index (χ1v) is 9.64. The minimum atomic E-state index is 0.103. The third-order valence-corrected chi connectivity index (χ3v) is 5.40. The van der Waals surface area contributed by atoms with Crippen LogP contribution in [0.5, 0.6) is 0 Å². The van der Waals surface area contributed by atoms with Crippen LogP contribution >= 0.6 is 0 Å². The summed E-state index contributed by atoms with van der Waals surface area (Å²) >= 11 is 0. The highest BCUT2D eigenvalue weighted by Gasteiger charge is 2.25. The van der Waals surface area contributed by atoms with E-state index in [0.29, 0.717) is 6.04 Å². The van der Waals surface area contributed by atoms with Gasteiger partial charge in [0.1, 0.15) is 0 Å². The van der Waals surface area contributed by atoms with Crippen LogP contribution in [0.25, 0.3) is 0 Å². The van der Waals surface area contributed by atoms with Crippen molar-refractivity contribution in [3.05, 3.63) is 30.1 Å². The molecule has 138 valence electrons. The van der Waals surface area contributed by atoms with Crippen molar-refractivity contribution >= 4 is 6.03 Å². The molecule has 2 aliphatic heterocycles. The maximum atomic E-state index is 12.5. The van der Waals surface area contributed by atoms with E-state index in [9.17, 15) is 4.79 Å². The molecule has 25 heavy (non-hydrogen) atoms. The topological polar surface area (TPSA) is 51.7 Å². The molecule has 6 nitrogen and oxygen atoms in total. The number of rotatable bonds is 5. The Hall–Kier alpha value is -1.66. The van der Waals surface area contributed by atoms with Crippen LogP contribution in [0.2, 0.25) is 0 Å². The smallest absolute Gasteiger partial charge is 0.317 e. The fourth-order valence-electron chi connectivity index (χ4n) is 3.94. The van der Waals surface area contributed by atoms with Crippen LogP contribution in [0.15, 0.2) is 24.5 Å². The van der Waals surface area contributed by atoms with Crippen LogP contribution in [0.4, 0.5) is 4.79 Å². The number of carbonyl (C=O) groups excluding carboxylic acids is 1. The Bertz CT molecular complexity index is 538. The van der Waals surface area contributed by atoms with Gasteiger partial charge in [0.15, 0.2) is 0 Å². The van der Waals surface area contributed by atoms with E-state index < -0.39 is 0 Å². The summed E-state index contributed by atoms with van der Waals surface area (Å²) in [4.78, 5) is 23.6. The third-order valence-electron chi connectivity index (χ3n) is 5.40. The van der Waals surface area contributed by atoms with Crippen LogP contribution < -0.4 is 5.32 Å². The van der Waals surface area contributed by atoms with E-state index in [-0.39, 0.29) is 6.03 Å². The number of pyridine rings is 1. The number of nitrogens with zero attached hydrogens (tertiary/aromatic N) is 4. The summed E-state index contributed by atoms with van der Waals surface area (Å²) in [5, 5.41) is 3.17. The molecule has 0 bridgehead atoms. The number of aromatic nitrogens is 1. The molecule has 1 aromatic heterocycles. The highest BCUT2D eigenvalue weighted by molar-refractivity contribution is 5.74. The van der Waals surface area contributed by atoms with E-state index in [0.717, 1.165) is 52.2 Å². The van der Waals surface area contributed by atoms with Crippen molar-refractivity contribution in [3.8, 4) is 0 Å². The highest BCUT2D eigenvalue weighted by Crippen LogP contribution is 2.15. The Kier molecular flexibility index (Phi) is 6.64. The van der Waals surface area contributed by atoms with E-state index in [1.54, 1.807) is 0 Å². The monoisotopic (exact) mass is 345 g/mol. The highest BCUT2D eigenvalue weighted by atomic mass is 16.2. The van der Waals surface area contributed by atoms with Gasteiger partial charge in [-0.2, -0.15) is 0 Å². The number of carbonyl (C=O) groups is 1. The van der Waals surface area contributed by atoms with E-state index in [2.05, 4.69) is 33.1 Å². The molecule has 3 rings (SSSR count). The minimum Gasteiger partial charge on any atom is -0.336 e. The molecule has 6 heteroatoms. The molecule has 2 fully saturated rings. The number of urea groups is 1. The van der Waals surface area contributed by atoms with E-state index in [1.807, 2.05) is 23.4 Å².